The van der Waals surface area contributed by atoms with Gasteiger partial charge in [0.25, 0.3) is 0 Å². The van der Waals surface area contributed by atoms with Gasteiger partial charge in [-0.3, -0.25) is 14.6 Å². The van der Waals surface area contributed by atoms with Crippen LogP contribution in [0.25, 0.3) is 10.2 Å². The van der Waals surface area contributed by atoms with E-state index in [1.807, 2.05) is 23.5 Å². The van der Waals surface area contributed by atoms with Gasteiger partial charge in [-0.15, -0.1) is 22.7 Å². The van der Waals surface area contributed by atoms with Crippen LogP contribution in [0.5, 0.6) is 0 Å². The van der Waals surface area contributed by atoms with Crippen LogP contribution < -0.4 is 4.90 Å². The zero-order valence-corrected chi connectivity index (χ0v) is 20.7. The Morgan fingerprint density at radius 1 is 1.15 bits per heavy atom. The molecule has 1 saturated heterocycles. The molecular formula is C26H28N4OS2. The van der Waals surface area contributed by atoms with E-state index in [0.29, 0.717) is 5.92 Å². The molecule has 0 bridgehead atoms. The average Bonchev–Trinajstić information content (AvgIpc) is 3.47. The standard InChI is InChI=1S/C26H28N4OS2/c1-3-19-10-12-22(13-11-19)30(18(2)31)26-27-21(17-32-26)16-29-14-6-7-20(15-29)25-28-23-8-4-5-9-24(23)33-25/h4-5,8-13,17,20H,3,6-7,14-16H2,1-2H3/t20-/m1/s1. The lowest BCUT2D eigenvalue weighted by molar-refractivity contribution is -0.115. The zero-order chi connectivity index (χ0) is 22.8. The summed E-state index contributed by atoms with van der Waals surface area (Å²) in [6.45, 7) is 6.61. The largest absolute Gasteiger partial charge is 0.297 e. The van der Waals surface area contributed by atoms with Crippen molar-refractivity contribution in [1.82, 2.24) is 14.9 Å². The summed E-state index contributed by atoms with van der Waals surface area (Å²) in [5.41, 5.74) is 4.26. The number of likely N-dealkylation sites (tertiary alicyclic amines) is 1. The molecule has 0 radical (unpaired) electrons. The smallest absolute Gasteiger partial charge is 0.230 e. The fourth-order valence-corrected chi connectivity index (χ4v) is 6.44. The molecule has 170 valence electrons. The number of nitrogens with zero attached hydrogens (tertiary/aromatic N) is 4. The van der Waals surface area contributed by atoms with Gasteiger partial charge in [0.15, 0.2) is 5.13 Å². The molecule has 7 heteroatoms. The van der Waals surface area contributed by atoms with E-state index >= 15 is 0 Å². The predicted octanol–water partition coefficient (Wildman–Crippen LogP) is 6.38. The molecule has 5 rings (SSSR count). The molecule has 2 aromatic carbocycles. The van der Waals surface area contributed by atoms with Gasteiger partial charge >= 0.3 is 0 Å². The Labute approximate surface area is 202 Å². The van der Waals surface area contributed by atoms with Crippen molar-refractivity contribution in [2.45, 2.75) is 45.6 Å². The first-order chi connectivity index (χ1) is 16.1. The molecule has 2 aromatic heterocycles. The van der Waals surface area contributed by atoms with Crippen molar-refractivity contribution in [3.63, 3.8) is 0 Å². The number of para-hydroxylation sites is 1. The lowest BCUT2D eigenvalue weighted by Gasteiger charge is -2.31. The van der Waals surface area contributed by atoms with Crippen molar-refractivity contribution >= 4 is 49.6 Å². The third-order valence-electron chi connectivity index (χ3n) is 6.20. The van der Waals surface area contributed by atoms with E-state index in [2.05, 4.69) is 53.6 Å². The van der Waals surface area contributed by atoms with Gasteiger partial charge in [0.1, 0.15) is 0 Å². The zero-order valence-electron chi connectivity index (χ0n) is 19.0. The number of thiazole rings is 2. The van der Waals surface area contributed by atoms with Crippen molar-refractivity contribution in [3.05, 3.63) is 70.2 Å². The number of hydrogen-bond acceptors (Lipinski definition) is 6. The number of aryl methyl sites for hydroxylation is 1. The highest BCUT2D eigenvalue weighted by molar-refractivity contribution is 7.18. The van der Waals surface area contributed by atoms with Crippen molar-refractivity contribution in [3.8, 4) is 0 Å². The number of rotatable bonds is 6. The molecule has 1 aliphatic rings. The Balaban J connectivity index is 1.29. The maximum atomic E-state index is 12.4. The Kier molecular flexibility index (Phi) is 6.53. The Bertz CT molecular complexity index is 1210. The Morgan fingerprint density at radius 2 is 1.97 bits per heavy atom. The van der Waals surface area contributed by atoms with E-state index in [4.69, 9.17) is 9.97 Å². The van der Waals surface area contributed by atoms with Crippen LogP contribution in [0.1, 0.15) is 48.9 Å². The molecule has 0 N–H and O–H groups in total. The van der Waals surface area contributed by atoms with Crippen LogP contribution in [0.2, 0.25) is 0 Å². The fraction of sp³-hybridized carbons (Fsp3) is 0.346. The van der Waals surface area contributed by atoms with Gasteiger partial charge in [0.05, 0.1) is 26.6 Å². The molecule has 0 saturated carbocycles. The normalized spacial score (nSPS) is 16.8. The van der Waals surface area contributed by atoms with E-state index in [-0.39, 0.29) is 5.91 Å². The SMILES string of the molecule is CCc1ccc(N(C(C)=O)c2nc(CN3CCC[C@@H](c4nc5ccccc5s4)C3)cs2)cc1. The minimum Gasteiger partial charge on any atom is -0.297 e. The van der Waals surface area contributed by atoms with Crippen LogP contribution in [0, 0.1) is 0 Å². The van der Waals surface area contributed by atoms with Crippen LogP contribution in [0.4, 0.5) is 10.8 Å². The summed E-state index contributed by atoms with van der Waals surface area (Å²) in [4.78, 5) is 26.4. The Hall–Kier alpha value is -2.61. The van der Waals surface area contributed by atoms with Crippen molar-refractivity contribution in [2.24, 2.45) is 0 Å². The second kappa shape index (κ2) is 9.71. The number of hydrogen-bond donors (Lipinski definition) is 0. The summed E-state index contributed by atoms with van der Waals surface area (Å²) in [7, 11) is 0. The molecule has 4 aromatic rings. The molecule has 0 aliphatic carbocycles. The highest BCUT2D eigenvalue weighted by Gasteiger charge is 2.25. The monoisotopic (exact) mass is 476 g/mol. The second-order valence-electron chi connectivity index (χ2n) is 8.59. The summed E-state index contributed by atoms with van der Waals surface area (Å²) in [5.74, 6) is 0.453. The molecule has 1 amide bonds. The third-order valence-corrected chi connectivity index (χ3v) is 8.27. The molecule has 1 fully saturated rings. The van der Waals surface area contributed by atoms with Gasteiger partial charge in [0.2, 0.25) is 5.91 Å². The summed E-state index contributed by atoms with van der Waals surface area (Å²) in [5, 5.41) is 4.08. The Morgan fingerprint density at radius 3 is 2.73 bits per heavy atom. The topological polar surface area (TPSA) is 49.3 Å². The van der Waals surface area contributed by atoms with Crippen LogP contribution in [-0.2, 0) is 17.8 Å². The van der Waals surface area contributed by atoms with Gasteiger partial charge < -0.3 is 0 Å². The maximum absolute atomic E-state index is 12.4. The quantitative estimate of drug-likeness (QED) is 0.324. The summed E-state index contributed by atoms with van der Waals surface area (Å²) < 4.78 is 1.27. The molecule has 0 spiro atoms. The van der Waals surface area contributed by atoms with Crippen LogP contribution in [0.3, 0.4) is 0 Å². The second-order valence-corrected chi connectivity index (χ2v) is 10.5. The number of fused-ring (bicyclic) bond motifs is 1. The number of aromatic nitrogens is 2. The lowest BCUT2D eigenvalue weighted by Crippen LogP contribution is -2.34. The van der Waals surface area contributed by atoms with Gasteiger partial charge in [-0.05, 0) is 55.6 Å². The van der Waals surface area contributed by atoms with E-state index in [1.165, 1.54) is 39.4 Å². The molecular weight excluding hydrogens is 448 g/mol. The number of carbonyl (C=O) groups is 1. The third kappa shape index (κ3) is 4.86. The molecule has 33 heavy (non-hydrogen) atoms. The summed E-state index contributed by atoms with van der Waals surface area (Å²) in [6.07, 6.45) is 3.33. The number of anilines is 2. The number of carbonyl (C=O) groups excluding carboxylic acids is 1. The van der Waals surface area contributed by atoms with E-state index in [9.17, 15) is 4.79 Å². The van der Waals surface area contributed by atoms with E-state index < -0.39 is 0 Å². The van der Waals surface area contributed by atoms with Gasteiger partial charge in [-0.2, -0.15) is 0 Å². The minimum absolute atomic E-state index is 0.0194. The first-order valence-electron chi connectivity index (χ1n) is 11.5. The van der Waals surface area contributed by atoms with Crippen LogP contribution in [-0.4, -0.2) is 33.9 Å². The molecule has 1 aliphatic heterocycles. The first kappa shape index (κ1) is 22.2. The first-order valence-corrected chi connectivity index (χ1v) is 13.2. The highest BCUT2D eigenvalue weighted by atomic mass is 32.1. The number of amides is 1. The van der Waals surface area contributed by atoms with E-state index in [0.717, 1.165) is 48.1 Å². The highest BCUT2D eigenvalue weighted by Crippen LogP contribution is 2.34. The summed E-state index contributed by atoms with van der Waals surface area (Å²) >= 11 is 3.36. The van der Waals surface area contributed by atoms with Crippen molar-refractivity contribution in [1.29, 1.82) is 0 Å². The van der Waals surface area contributed by atoms with Crippen molar-refractivity contribution in [2.75, 3.05) is 18.0 Å². The van der Waals surface area contributed by atoms with E-state index in [1.54, 1.807) is 11.8 Å². The van der Waals surface area contributed by atoms with Gasteiger partial charge in [-0.1, -0.05) is 31.2 Å². The average molecular weight is 477 g/mol. The van der Waals surface area contributed by atoms with Gasteiger partial charge in [0, 0.05) is 31.3 Å². The number of piperidine rings is 1. The fourth-order valence-electron chi connectivity index (χ4n) is 4.47. The molecule has 5 nitrogen and oxygen atoms in total. The lowest BCUT2D eigenvalue weighted by atomic mass is 9.98. The maximum Gasteiger partial charge on any atom is 0.230 e. The van der Waals surface area contributed by atoms with Gasteiger partial charge in [-0.25, -0.2) is 9.97 Å². The summed E-state index contributed by atoms with van der Waals surface area (Å²) in [6, 6.07) is 16.6. The number of benzene rings is 2. The minimum atomic E-state index is -0.0194. The van der Waals surface area contributed by atoms with Crippen LogP contribution in [0.15, 0.2) is 53.9 Å². The molecule has 0 unspecified atom stereocenters. The molecule has 1 atom stereocenters. The predicted molar refractivity (Wildman–Crippen MR) is 138 cm³/mol. The van der Waals surface area contributed by atoms with Crippen LogP contribution >= 0.6 is 22.7 Å². The van der Waals surface area contributed by atoms with Crippen molar-refractivity contribution < 1.29 is 4.79 Å². The molecule has 3 heterocycles.